The first-order chi connectivity index (χ1) is 9.52. The van der Waals surface area contributed by atoms with E-state index in [-0.39, 0.29) is 23.1 Å². The van der Waals surface area contributed by atoms with Crippen LogP contribution in [-0.2, 0) is 9.59 Å². The Labute approximate surface area is 117 Å². The number of rotatable bonds is 3. The summed E-state index contributed by atoms with van der Waals surface area (Å²) >= 11 is 0. The lowest BCUT2D eigenvalue weighted by Gasteiger charge is -2.28. The maximum absolute atomic E-state index is 13.5. The normalized spacial score (nSPS) is 22.4. The minimum absolute atomic E-state index is 0.0500. The predicted molar refractivity (Wildman–Crippen MR) is 73.9 cm³/mol. The van der Waals surface area contributed by atoms with Crippen LogP contribution in [0, 0.1) is 11.7 Å². The fourth-order valence-electron chi connectivity index (χ4n) is 2.04. The molecule has 1 aliphatic rings. The van der Waals surface area contributed by atoms with Crippen LogP contribution >= 0.6 is 0 Å². The van der Waals surface area contributed by atoms with Gasteiger partial charge in [0.25, 0.3) is 5.91 Å². The van der Waals surface area contributed by atoms with Crippen LogP contribution in [0.5, 0.6) is 0 Å². The molecule has 0 aliphatic carbocycles. The van der Waals surface area contributed by atoms with E-state index in [0.717, 1.165) is 6.42 Å². The van der Waals surface area contributed by atoms with Gasteiger partial charge in [-0.25, -0.2) is 4.39 Å². The summed E-state index contributed by atoms with van der Waals surface area (Å²) in [5.41, 5.74) is 0.333. The molecule has 106 valence electrons. The molecule has 1 heterocycles. The van der Waals surface area contributed by atoms with Gasteiger partial charge in [0.15, 0.2) is 0 Å². The molecule has 2 N–H and O–H groups in total. The maximum Gasteiger partial charge on any atom is 0.268 e. The van der Waals surface area contributed by atoms with Crippen LogP contribution in [0.15, 0.2) is 30.0 Å². The number of amides is 2. The quantitative estimate of drug-likeness (QED) is 0.827. The smallest absolute Gasteiger partial charge is 0.268 e. The molecule has 2 amide bonds. The van der Waals surface area contributed by atoms with Gasteiger partial charge < -0.3 is 10.6 Å². The molecule has 20 heavy (non-hydrogen) atoms. The molecule has 1 aliphatic heterocycles. The van der Waals surface area contributed by atoms with E-state index in [1.807, 2.05) is 13.8 Å². The second-order valence-corrected chi connectivity index (χ2v) is 4.91. The van der Waals surface area contributed by atoms with Crippen molar-refractivity contribution < 1.29 is 14.0 Å². The fourth-order valence-corrected chi connectivity index (χ4v) is 2.04. The van der Waals surface area contributed by atoms with Gasteiger partial charge in [0.1, 0.15) is 17.6 Å². The van der Waals surface area contributed by atoms with Gasteiger partial charge in [0.2, 0.25) is 5.91 Å². The maximum atomic E-state index is 13.5. The van der Waals surface area contributed by atoms with Crippen molar-refractivity contribution in [1.82, 2.24) is 10.6 Å². The molecule has 0 saturated carbocycles. The number of piperazine rings is 1. The van der Waals surface area contributed by atoms with E-state index in [1.54, 1.807) is 18.2 Å². The Bertz CT molecular complexity index is 569. The molecular formula is C15H17FN2O2. The van der Waals surface area contributed by atoms with E-state index in [2.05, 4.69) is 10.6 Å². The highest BCUT2D eigenvalue weighted by Gasteiger charge is 2.32. The summed E-state index contributed by atoms with van der Waals surface area (Å²) in [5.74, 6) is -1.04. The number of carbonyl (C=O) groups excluding carboxylic acids is 2. The van der Waals surface area contributed by atoms with Crippen LogP contribution in [-0.4, -0.2) is 17.9 Å². The molecule has 1 aromatic carbocycles. The lowest BCUT2D eigenvalue weighted by Crippen LogP contribution is -2.57. The number of hydrogen-bond acceptors (Lipinski definition) is 2. The Balaban J connectivity index is 2.23. The molecular weight excluding hydrogens is 259 g/mol. The van der Waals surface area contributed by atoms with Crippen molar-refractivity contribution in [3.05, 3.63) is 41.3 Å². The monoisotopic (exact) mass is 276 g/mol. The third-order valence-electron chi connectivity index (χ3n) is 3.49. The van der Waals surface area contributed by atoms with Crippen LogP contribution < -0.4 is 10.6 Å². The molecule has 0 bridgehead atoms. The summed E-state index contributed by atoms with van der Waals surface area (Å²) in [6, 6.07) is 5.54. The topological polar surface area (TPSA) is 58.2 Å². The Kier molecular flexibility index (Phi) is 4.17. The summed E-state index contributed by atoms with van der Waals surface area (Å²) < 4.78 is 13.5. The van der Waals surface area contributed by atoms with Crippen molar-refractivity contribution in [2.24, 2.45) is 5.92 Å². The molecule has 1 fully saturated rings. The highest BCUT2D eigenvalue weighted by Crippen LogP contribution is 2.16. The van der Waals surface area contributed by atoms with Crippen LogP contribution in [0.25, 0.3) is 6.08 Å². The van der Waals surface area contributed by atoms with E-state index < -0.39 is 17.8 Å². The number of nitrogens with one attached hydrogen (secondary N) is 2. The van der Waals surface area contributed by atoms with Crippen molar-refractivity contribution in [3.63, 3.8) is 0 Å². The molecule has 0 aromatic heterocycles. The third-order valence-corrected chi connectivity index (χ3v) is 3.49. The van der Waals surface area contributed by atoms with Crippen LogP contribution in [0.2, 0.25) is 0 Å². The molecule has 2 rings (SSSR count). The molecule has 0 radical (unpaired) electrons. The van der Waals surface area contributed by atoms with E-state index in [9.17, 15) is 14.0 Å². The highest BCUT2D eigenvalue weighted by molar-refractivity contribution is 6.07. The van der Waals surface area contributed by atoms with Crippen molar-refractivity contribution >= 4 is 17.9 Å². The number of halogens is 1. The van der Waals surface area contributed by atoms with E-state index in [4.69, 9.17) is 0 Å². The zero-order valence-electron chi connectivity index (χ0n) is 11.4. The molecule has 2 atom stereocenters. The number of hydrogen-bond donors (Lipinski definition) is 2. The van der Waals surface area contributed by atoms with Crippen molar-refractivity contribution in [2.75, 3.05) is 0 Å². The lowest BCUT2D eigenvalue weighted by molar-refractivity contribution is -0.132. The Hall–Kier alpha value is -2.17. The zero-order chi connectivity index (χ0) is 14.7. The van der Waals surface area contributed by atoms with Gasteiger partial charge >= 0.3 is 0 Å². The summed E-state index contributed by atoms with van der Waals surface area (Å²) in [4.78, 5) is 23.9. The van der Waals surface area contributed by atoms with E-state index in [1.165, 1.54) is 12.1 Å². The van der Waals surface area contributed by atoms with Crippen LogP contribution in [0.4, 0.5) is 4.39 Å². The molecule has 0 spiro atoms. The summed E-state index contributed by atoms with van der Waals surface area (Å²) in [6.07, 6.45) is 2.13. The third kappa shape index (κ3) is 2.87. The van der Waals surface area contributed by atoms with Gasteiger partial charge in [-0.15, -0.1) is 0 Å². The van der Waals surface area contributed by atoms with Gasteiger partial charge in [0.05, 0.1) is 0 Å². The average molecular weight is 276 g/mol. The number of benzene rings is 1. The lowest BCUT2D eigenvalue weighted by atomic mass is 9.96. The standard InChI is InChI=1S/C15H17FN2O2/c1-3-9(2)13-15(20)17-12(14(19)18-13)8-10-6-4-5-7-11(10)16/h4-9,13H,3H2,1-2H3,(H,17,20)(H,18,19)/t9-,13+/m0/s1. The molecule has 0 unspecified atom stereocenters. The first kappa shape index (κ1) is 14.2. The SMILES string of the molecule is CC[C@H](C)[C@H]1NC(=O)C(=Cc2ccccc2F)NC1=O. The van der Waals surface area contributed by atoms with E-state index in [0.29, 0.717) is 0 Å². The molecule has 1 saturated heterocycles. The van der Waals surface area contributed by atoms with Gasteiger partial charge in [-0.1, -0.05) is 38.5 Å². The van der Waals surface area contributed by atoms with Crippen molar-refractivity contribution in [2.45, 2.75) is 26.3 Å². The first-order valence-corrected chi connectivity index (χ1v) is 6.61. The zero-order valence-corrected chi connectivity index (χ0v) is 11.4. The average Bonchev–Trinajstić information content (AvgIpc) is 2.44. The van der Waals surface area contributed by atoms with Gasteiger partial charge in [0, 0.05) is 5.56 Å². The molecule has 1 aromatic rings. The predicted octanol–water partition coefficient (Wildman–Crippen LogP) is 1.83. The second kappa shape index (κ2) is 5.86. The highest BCUT2D eigenvalue weighted by atomic mass is 19.1. The molecule has 5 heteroatoms. The van der Waals surface area contributed by atoms with Crippen LogP contribution in [0.1, 0.15) is 25.8 Å². The number of carbonyl (C=O) groups is 2. The van der Waals surface area contributed by atoms with Crippen LogP contribution in [0.3, 0.4) is 0 Å². The Morgan fingerprint density at radius 1 is 1.35 bits per heavy atom. The summed E-state index contributed by atoms with van der Waals surface area (Å²) in [6.45, 7) is 3.85. The largest absolute Gasteiger partial charge is 0.339 e. The first-order valence-electron chi connectivity index (χ1n) is 6.61. The van der Waals surface area contributed by atoms with Crippen molar-refractivity contribution in [3.8, 4) is 0 Å². The van der Waals surface area contributed by atoms with E-state index >= 15 is 0 Å². The summed E-state index contributed by atoms with van der Waals surface area (Å²) in [5, 5.41) is 5.22. The van der Waals surface area contributed by atoms with Gasteiger partial charge in [-0.05, 0) is 18.1 Å². The summed E-state index contributed by atoms with van der Waals surface area (Å²) in [7, 11) is 0. The Morgan fingerprint density at radius 2 is 2.05 bits per heavy atom. The minimum atomic E-state index is -0.537. The van der Waals surface area contributed by atoms with Gasteiger partial charge in [-0.3, -0.25) is 9.59 Å². The minimum Gasteiger partial charge on any atom is -0.339 e. The fraction of sp³-hybridized carbons (Fsp3) is 0.333. The molecule has 4 nitrogen and oxygen atoms in total. The van der Waals surface area contributed by atoms with Gasteiger partial charge in [-0.2, -0.15) is 0 Å². The van der Waals surface area contributed by atoms with Crippen molar-refractivity contribution in [1.29, 1.82) is 0 Å². The Morgan fingerprint density at radius 3 is 2.70 bits per heavy atom. The second-order valence-electron chi connectivity index (χ2n) is 4.91.